The van der Waals surface area contributed by atoms with E-state index in [2.05, 4.69) is 15.6 Å². The van der Waals surface area contributed by atoms with Crippen LogP contribution in [0.2, 0.25) is 0 Å². The molecular weight excluding hydrogens is 623 g/mol. The zero-order chi connectivity index (χ0) is 32.2. The minimum Gasteiger partial charge on any atom is -0.356 e. The average molecular weight is 658 g/mol. The van der Waals surface area contributed by atoms with Gasteiger partial charge in [-0.15, -0.1) is 11.3 Å². The van der Waals surface area contributed by atoms with Crippen LogP contribution in [0.25, 0.3) is 10.2 Å². The lowest BCUT2D eigenvalue weighted by molar-refractivity contribution is -0.146. The molecule has 3 aliphatic rings. The lowest BCUT2D eigenvalue weighted by Crippen LogP contribution is -2.62. The van der Waals surface area contributed by atoms with Crippen LogP contribution >= 0.6 is 11.3 Å². The highest BCUT2D eigenvalue weighted by atomic mass is 32.2. The third-order valence-electron chi connectivity index (χ3n) is 8.62. The number of aromatic nitrogens is 1. The molecule has 3 heterocycles. The highest BCUT2D eigenvalue weighted by molar-refractivity contribution is 7.90. The van der Waals surface area contributed by atoms with E-state index in [1.165, 1.54) is 30.4 Å². The van der Waals surface area contributed by atoms with Crippen LogP contribution < -0.4 is 15.4 Å². The predicted octanol–water partition coefficient (Wildman–Crippen LogP) is 2.72. The van der Waals surface area contributed by atoms with Gasteiger partial charge in [0.1, 0.15) is 12.1 Å². The number of carbonyl (C=O) groups is 4. The fourth-order valence-corrected chi connectivity index (χ4v) is 8.24. The fourth-order valence-electron chi connectivity index (χ4n) is 6.38. The maximum Gasteiger partial charge on any atom is 0.511 e. The summed E-state index contributed by atoms with van der Waals surface area (Å²) in [5.74, 6) is -3.25. The number of piperidine rings is 1. The Morgan fingerprint density at radius 3 is 2.45 bits per heavy atom. The first kappa shape index (κ1) is 32.3. The number of ketones is 1. The number of nitrogens with zero attached hydrogens (tertiary/aromatic N) is 2. The number of Topliss-reactive ketones (excluding diaryl/α,β-unsaturated/α-hetero) is 1. The number of fused-ring (bicyclic) bond motifs is 3. The van der Waals surface area contributed by atoms with Crippen LogP contribution in [0.1, 0.15) is 62.7 Å². The average Bonchev–Trinajstić information content (AvgIpc) is 3.73. The molecule has 6 atom stereocenters. The number of para-hydroxylation sites is 1. The number of halogens is 3. The molecule has 3 N–H and O–H groups in total. The Hall–Kier alpha value is -3.11. The number of likely N-dealkylation sites (tertiary alicyclic amines) is 1. The second kappa shape index (κ2) is 11.7. The van der Waals surface area contributed by atoms with Gasteiger partial charge in [0, 0.05) is 18.5 Å². The minimum absolute atomic E-state index is 0.00289. The molecule has 11 nitrogen and oxygen atoms in total. The highest BCUT2D eigenvalue weighted by Crippen LogP contribution is 2.44. The van der Waals surface area contributed by atoms with Gasteiger partial charge in [0.15, 0.2) is 5.01 Å². The quantitative estimate of drug-likeness (QED) is 0.351. The number of sulfonamides is 1. The van der Waals surface area contributed by atoms with Gasteiger partial charge in [0.05, 0.1) is 16.3 Å². The van der Waals surface area contributed by atoms with E-state index in [9.17, 15) is 40.8 Å². The Kier molecular flexibility index (Phi) is 8.57. The van der Waals surface area contributed by atoms with Crippen LogP contribution in [0.5, 0.6) is 0 Å². The maximum absolute atomic E-state index is 13.9. The summed E-state index contributed by atoms with van der Waals surface area (Å²) in [5.41, 5.74) is -6.32. The monoisotopic (exact) mass is 657 g/mol. The number of nitrogens with one attached hydrogen (secondary N) is 3. The van der Waals surface area contributed by atoms with Crippen molar-refractivity contribution < 1.29 is 40.8 Å². The Bertz CT molecular complexity index is 1550. The van der Waals surface area contributed by atoms with Gasteiger partial charge in [-0.25, -0.2) is 13.4 Å². The topological polar surface area (TPSA) is 155 Å². The molecule has 1 aromatic carbocycles. The number of hydrogen-bond acceptors (Lipinski definition) is 8. The molecule has 240 valence electrons. The van der Waals surface area contributed by atoms with Gasteiger partial charge in [-0.1, -0.05) is 32.9 Å². The summed E-state index contributed by atoms with van der Waals surface area (Å²) in [4.78, 5) is 59.6. The smallest absolute Gasteiger partial charge is 0.356 e. The number of rotatable bonds is 9. The van der Waals surface area contributed by atoms with Crippen LogP contribution in [0.15, 0.2) is 24.3 Å². The second-order valence-corrected chi connectivity index (χ2v) is 15.4. The van der Waals surface area contributed by atoms with E-state index in [4.69, 9.17) is 0 Å². The molecule has 5 rings (SSSR count). The van der Waals surface area contributed by atoms with Gasteiger partial charge < -0.3 is 15.5 Å². The van der Waals surface area contributed by atoms with Gasteiger partial charge in [0.25, 0.3) is 0 Å². The molecule has 44 heavy (non-hydrogen) atoms. The van der Waals surface area contributed by atoms with E-state index in [0.717, 1.165) is 16.0 Å². The van der Waals surface area contributed by atoms with Crippen molar-refractivity contribution in [1.29, 1.82) is 0 Å². The summed E-state index contributed by atoms with van der Waals surface area (Å²) in [6.45, 7) is 4.71. The van der Waals surface area contributed by atoms with Crippen LogP contribution in [0, 0.1) is 17.3 Å². The molecular formula is C28H34F3N5O6S2. The zero-order valence-corrected chi connectivity index (χ0v) is 25.9. The summed E-state index contributed by atoms with van der Waals surface area (Å²) >= 11 is 1.15. The molecule has 3 amide bonds. The molecule has 1 saturated carbocycles. The first-order valence-corrected chi connectivity index (χ1v) is 16.7. The lowest BCUT2D eigenvalue weighted by Gasteiger charge is -2.40. The van der Waals surface area contributed by atoms with Gasteiger partial charge in [0.2, 0.25) is 23.5 Å². The first-order valence-electron chi connectivity index (χ1n) is 14.4. The molecule has 2 aliphatic heterocycles. The molecule has 0 unspecified atom stereocenters. The van der Waals surface area contributed by atoms with E-state index in [-0.39, 0.29) is 23.3 Å². The molecule has 16 heteroatoms. The van der Waals surface area contributed by atoms with E-state index in [1.807, 2.05) is 0 Å². The van der Waals surface area contributed by atoms with Gasteiger partial charge in [-0.2, -0.15) is 17.9 Å². The summed E-state index contributed by atoms with van der Waals surface area (Å²) in [5, 5.41) is 5.62. The van der Waals surface area contributed by atoms with E-state index < -0.39 is 68.6 Å². The van der Waals surface area contributed by atoms with E-state index in [1.54, 1.807) is 24.3 Å². The molecule has 0 radical (unpaired) electrons. The lowest BCUT2D eigenvalue weighted by atomic mass is 9.85. The van der Waals surface area contributed by atoms with Crippen molar-refractivity contribution in [1.82, 2.24) is 25.2 Å². The highest BCUT2D eigenvalue weighted by Gasteiger charge is 2.56. The Labute approximate surface area is 256 Å². The number of thiazole rings is 1. The number of alkyl halides is 3. The zero-order valence-electron chi connectivity index (χ0n) is 24.3. The van der Waals surface area contributed by atoms with Crippen LogP contribution in [-0.2, 0) is 24.4 Å². The fraction of sp³-hybridized carbons (Fsp3) is 0.607. The van der Waals surface area contributed by atoms with Crippen molar-refractivity contribution >= 4 is 55.1 Å². The van der Waals surface area contributed by atoms with Gasteiger partial charge in [-0.05, 0) is 55.6 Å². The summed E-state index contributed by atoms with van der Waals surface area (Å²) in [7, 11) is -5.88. The summed E-state index contributed by atoms with van der Waals surface area (Å²) in [6, 6.07) is 2.54. The minimum atomic E-state index is -5.88. The van der Waals surface area contributed by atoms with Gasteiger partial charge in [-0.3, -0.25) is 19.2 Å². The normalized spacial score (nSPS) is 25.2. The number of amides is 3. The SMILES string of the molecule is CC(C)(C)[C@H](NS(=O)(=O)C(F)(F)F)C(=O)N1[C@@H]2CC[C@@H](C2)[C@H]1C(=O)N[C@@H](C[C@@H]1CCNC1=O)C(=O)c1nc2ccccc2s1. The number of carbonyl (C=O) groups excluding carboxylic acids is 4. The Morgan fingerprint density at radius 2 is 1.84 bits per heavy atom. The van der Waals surface area contributed by atoms with E-state index in [0.29, 0.717) is 37.7 Å². The number of benzene rings is 1. The second-order valence-electron chi connectivity index (χ2n) is 12.7. The maximum atomic E-state index is 13.9. The van der Waals surface area contributed by atoms with Crippen LogP contribution in [0.4, 0.5) is 13.2 Å². The Morgan fingerprint density at radius 1 is 1.14 bits per heavy atom. The largest absolute Gasteiger partial charge is 0.511 e. The summed E-state index contributed by atoms with van der Waals surface area (Å²) in [6.07, 6.45) is 1.94. The van der Waals surface area contributed by atoms with Crippen molar-refractivity contribution in [3.63, 3.8) is 0 Å². The third-order valence-corrected chi connectivity index (χ3v) is 10.8. The predicted molar refractivity (Wildman–Crippen MR) is 155 cm³/mol. The molecule has 3 fully saturated rings. The Balaban J connectivity index is 1.43. The third kappa shape index (κ3) is 6.20. The molecule has 1 aliphatic carbocycles. The van der Waals surface area contributed by atoms with E-state index >= 15 is 0 Å². The van der Waals surface area contributed by atoms with Crippen molar-refractivity contribution in [2.24, 2.45) is 17.3 Å². The van der Waals surface area contributed by atoms with Gasteiger partial charge >= 0.3 is 15.5 Å². The molecule has 1 aromatic heterocycles. The van der Waals surface area contributed by atoms with Crippen molar-refractivity contribution in [3.05, 3.63) is 29.3 Å². The first-order chi connectivity index (χ1) is 20.5. The number of hydrogen-bond donors (Lipinski definition) is 3. The van der Waals surface area contributed by atoms with Crippen LogP contribution in [0.3, 0.4) is 0 Å². The van der Waals surface area contributed by atoms with Crippen molar-refractivity contribution in [2.75, 3.05) is 6.54 Å². The molecule has 0 spiro atoms. The van der Waals surface area contributed by atoms with Crippen molar-refractivity contribution in [2.45, 2.75) is 82.6 Å². The molecule has 2 saturated heterocycles. The molecule has 2 aromatic rings. The summed E-state index contributed by atoms with van der Waals surface area (Å²) < 4.78 is 66.3. The van der Waals surface area contributed by atoms with Crippen LogP contribution in [-0.4, -0.2) is 78.0 Å². The molecule has 2 bridgehead atoms. The van der Waals surface area contributed by atoms with Crippen molar-refractivity contribution in [3.8, 4) is 0 Å². The standard InChI is InChI=1S/C28H34F3N5O6S2/c1-27(2,3)22(35-44(41,42)28(29,30)31)26(40)36-16-9-8-14(12-16)20(36)24(39)33-18(13-15-10-11-32-23(15)38)21(37)25-34-17-6-4-5-7-19(17)43-25/h4-7,14-16,18,20,22,35H,8-13H2,1-3H3,(H,32,38)(H,33,39)/t14-,15-,16+,18-,20-,22+/m0/s1.